The van der Waals surface area contributed by atoms with E-state index in [4.69, 9.17) is 4.74 Å². The molecule has 1 aliphatic heterocycles. The molecule has 3 heterocycles. The van der Waals surface area contributed by atoms with E-state index in [1.807, 2.05) is 6.07 Å². The molecule has 7 nitrogen and oxygen atoms in total. The van der Waals surface area contributed by atoms with Crippen molar-refractivity contribution in [3.8, 4) is 0 Å². The van der Waals surface area contributed by atoms with Crippen molar-refractivity contribution in [1.29, 1.82) is 0 Å². The van der Waals surface area contributed by atoms with Gasteiger partial charge in [0.1, 0.15) is 5.65 Å². The molecule has 0 aromatic carbocycles. The van der Waals surface area contributed by atoms with Crippen LogP contribution in [0.2, 0.25) is 0 Å². The van der Waals surface area contributed by atoms with Crippen molar-refractivity contribution in [3.05, 3.63) is 24.0 Å². The van der Waals surface area contributed by atoms with Crippen LogP contribution in [-0.4, -0.2) is 53.0 Å². The number of pyridine rings is 1. The summed E-state index contributed by atoms with van der Waals surface area (Å²) >= 11 is 0. The number of amides is 1. The van der Waals surface area contributed by atoms with Gasteiger partial charge in [-0.25, -0.2) is 9.78 Å². The highest BCUT2D eigenvalue weighted by molar-refractivity contribution is 6.10. The smallest absolute Gasteiger partial charge is 0.356 e. The van der Waals surface area contributed by atoms with E-state index < -0.39 is 5.97 Å². The summed E-state index contributed by atoms with van der Waals surface area (Å²) in [5.41, 5.74) is 1.44. The Hall–Kier alpha value is -2.41. The molecule has 0 radical (unpaired) electrons. The molecule has 1 fully saturated rings. The lowest BCUT2D eigenvalue weighted by Crippen LogP contribution is -2.43. The van der Waals surface area contributed by atoms with Gasteiger partial charge < -0.3 is 15.0 Å². The van der Waals surface area contributed by atoms with Gasteiger partial charge in [0.15, 0.2) is 5.69 Å². The van der Waals surface area contributed by atoms with Gasteiger partial charge in [-0.3, -0.25) is 9.69 Å². The van der Waals surface area contributed by atoms with E-state index in [2.05, 4.69) is 34.0 Å². The highest BCUT2D eigenvalue weighted by Gasteiger charge is 2.28. The number of carbonyl (C=O) groups is 2. The van der Waals surface area contributed by atoms with Gasteiger partial charge in [0.25, 0.3) is 0 Å². The summed E-state index contributed by atoms with van der Waals surface area (Å²) in [6.45, 7) is 8.56. The first-order valence-electron chi connectivity index (χ1n) is 9.05. The second-order valence-corrected chi connectivity index (χ2v) is 7.52. The molecule has 0 atom stereocenters. The number of hydrogen-bond acceptors (Lipinski definition) is 5. The molecule has 0 unspecified atom stereocenters. The third-order valence-electron chi connectivity index (χ3n) is 4.66. The molecule has 0 spiro atoms. The lowest BCUT2D eigenvalue weighted by atomic mass is 9.84. The number of H-pyrrole nitrogens is 1. The molecular formula is C19H26N4O3. The van der Waals surface area contributed by atoms with Crippen LogP contribution >= 0.6 is 0 Å². The van der Waals surface area contributed by atoms with Gasteiger partial charge in [0.2, 0.25) is 5.91 Å². The molecule has 0 bridgehead atoms. The summed E-state index contributed by atoms with van der Waals surface area (Å²) in [6.07, 6.45) is 3.90. The van der Waals surface area contributed by atoms with Crippen LogP contribution < -0.4 is 5.32 Å². The number of hydrogen-bond donors (Lipinski definition) is 2. The fraction of sp³-hybridized carbons (Fsp3) is 0.526. The molecule has 140 valence electrons. The number of aromatic amines is 1. The van der Waals surface area contributed by atoms with Crippen LogP contribution in [-0.2, 0) is 9.53 Å². The average Bonchev–Trinajstić information content (AvgIpc) is 2.93. The Kier molecular flexibility index (Phi) is 5.27. The lowest BCUT2D eigenvalue weighted by molar-refractivity contribution is -0.118. The normalized spacial score (nSPS) is 17.2. The summed E-state index contributed by atoms with van der Waals surface area (Å²) < 4.78 is 5.10. The topological polar surface area (TPSA) is 87.3 Å². The third kappa shape index (κ3) is 4.04. The molecular weight excluding hydrogens is 332 g/mol. The molecule has 1 saturated heterocycles. The van der Waals surface area contributed by atoms with E-state index in [0.29, 0.717) is 23.3 Å². The number of esters is 1. The van der Waals surface area contributed by atoms with Gasteiger partial charge in [-0.2, -0.15) is 0 Å². The zero-order chi connectivity index (χ0) is 18.7. The van der Waals surface area contributed by atoms with Gasteiger partial charge in [-0.1, -0.05) is 13.8 Å². The quantitative estimate of drug-likeness (QED) is 0.803. The van der Waals surface area contributed by atoms with Gasteiger partial charge in [0.05, 0.1) is 18.8 Å². The third-order valence-corrected chi connectivity index (χ3v) is 4.66. The molecule has 0 saturated carbocycles. The highest BCUT2D eigenvalue weighted by Crippen LogP contribution is 2.29. The number of nitrogens with zero attached hydrogens (tertiary/aromatic N) is 2. The van der Waals surface area contributed by atoms with Crippen LogP contribution in [0.15, 0.2) is 18.3 Å². The Bertz CT molecular complexity index is 812. The van der Waals surface area contributed by atoms with Crippen LogP contribution in [0.4, 0.5) is 5.69 Å². The maximum Gasteiger partial charge on any atom is 0.356 e. The molecule has 1 amide bonds. The molecule has 0 aliphatic carbocycles. The first-order chi connectivity index (χ1) is 12.4. The average molecular weight is 358 g/mol. The Labute approximate surface area is 153 Å². The summed E-state index contributed by atoms with van der Waals surface area (Å²) in [5, 5.41) is 3.59. The summed E-state index contributed by atoms with van der Waals surface area (Å²) in [5.74, 6) is -0.641. The zero-order valence-electron chi connectivity index (χ0n) is 15.6. The Morgan fingerprint density at radius 3 is 2.96 bits per heavy atom. The summed E-state index contributed by atoms with van der Waals surface area (Å²) in [7, 11) is 0. The first-order valence-corrected chi connectivity index (χ1v) is 9.05. The van der Waals surface area contributed by atoms with Crippen LogP contribution in [0.25, 0.3) is 11.0 Å². The second-order valence-electron chi connectivity index (χ2n) is 7.52. The molecule has 7 heteroatoms. The SMILES string of the molecule is CCOC(=O)c1[nH]c2ncccc2c1NC(=O)CN1CCCC(C)(C)C1. The van der Waals surface area contributed by atoms with Crippen molar-refractivity contribution in [2.75, 3.05) is 31.6 Å². The van der Waals surface area contributed by atoms with Gasteiger partial charge in [-0.15, -0.1) is 0 Å². The van der Waals surface area contributed by atoms with E-state index in [0.717, 1.165) is 19.5 Å². The van der Waals surface area contributed by atoms with Crippen LogP contribution in [0.1, 0.15) is 44.1 Å². The predicted octanol–water partition coefficient (Wildman–Crippen LogP) is 2.80. The van der Waals surface area contributed by atoms with Crippen molar-refractivity contribution < 1.29 is 14.3 Å². The van der Waals surface area contributed by atoms with Crippen molar-refractivity contribution in [2.45, 2.75) is 33.6 Å². The van der Waals surface area contributed by atoms with Gasteiger partial charge >= 0.3 is 5.97 Å². The van der Waals surface area contributed by atoms with Crippen LogP contribution in [0.3, 0.4) is 0 Å². The minimum atomic E-state index is -0.500. The number of ether oxygens (including phenoxy) is 1. The minimum absolute atomic E-state index is 0.141. The van der Waals surface area contributed by atoms with Crippen molar-refractivity contribution in [2.24, 2.45) is 5.41 Å². The molecule has 3 rings (SSSR count). The Morgan fingerprint density at radius 1 is 1.42 bits per heavy atom. The number of carbonyl (C=O) groups excluding carboxylic acids is 2. The van der Waals surface area contributed by atoms with E-state index >= 15 is 0 Å². The van der Waals surface area contributed by atoms with Crippen molar-refractivity contribution >= 4 is 28.6 Å². The maximum atomic E-state index is 12.6. The first kappa shape index (κ1) is 18.4. The van der Waals surface area contributed by atoms with Crippen LogP contribution in [0, 0.1) is 5.41 Å². The molecule has 2 aromatic heterocycles. The lowest BCUT2D eigenvalue weighted by Gasteiger charge is -2.37. The Balaban J connectivity index is 1.79. The monoisotopic (exact) mass is 358 g/mol. The molecule has 26 heavy (non-hydrogen) atoms. The van der Waals surface area contributed by atoms with E-state index in [-0.39, 0.29) is 23.6 Å². The maximum absolute atomic E-state index is 12.6. The van der Waals surface area contributed by atoms with E-state index in [9.17, 15) is 9.59 Å². The number of nitrogens with one attached hydrogen (secondary N) is 2. The van der Waals surface area contributed by atoms with E-state index in [1.54, 1.807) is 19.2 Å². The van der Waals surface area contributed by atoms with Gasteiger partial charge in [0, 0.05) is 18.1 Å². The second kappa shape index (κ2) is 7.45. The molecule has 1 aliphatic rings. The molecule has 2 N–H and O–H groups in total. The molecule has 2 aromatic rings. The number of aromatic nitrogens is 2. The number of likely N-dealkylation sites (tertiary alicyclic amines) is 1. The number of fused-ring (bicyclic) bond motifs is 1. The van der Waals surface area contributed by atoms with Crippen molar-refractivity contribution in [1.82, 2.24) is 14.9 Å². The van der Waals surface area contributed by atoms with Crippen LogP contribution in [0.5, 0.6) is 0 Å². The standard InChI is InChI=1S/C19H26N4O3/c1-4-26-18(25)16-15(13-7-5-9-20-17(13)22-16)21-14(24)11-23-10-6-8-19(2,3)12-23/h5,7,9H,4,6,8,10-12H2,1-3H3,(H,20,22)(H,21,24). The predicted molar refractivity (Wildman–Crippen MR) is 100 cm³/mol. The summed E-state index contributed by atoms with van der Waals surface area (Å²) in [6, 6.07) is 3.59. The zero-order valence-corrected chi connectivity index (χ0v) is 15.6. The van der Waals surface area contributed by atoms with E-state index in [1.165, 1.54) is 6.42 Å². The number of rotatable bonds is 5. The fourth-order valence-corrected chi connectivity index (χ4v) is 3.57. The fourth-order valence-electron chi connectivity index (χ4n) is 3.57. The Morgan fingerprint density at radius 2 is 2.23 bits per heavy atom. The number of anilines is 1. The summed E-state index contributed by atoms with van der Waals surface area (Å²) in [4.78, 5) is 34.2. The van der Waals surface area contributed by atoms with Gasteiger partial charge in [-0.05, 0) is 43.9 Å². The highest BCUT2D eigenvalue weighted by atomic mass is 16.5. The number of piperidine rings is 1. The largest absolute Gasteiger partial charge is 0.461 e. The minimum Gasteiger partial charge on any atom is -0.461 e. The van der Waals surface area contributed by atoms with Crippen molar-refractivity contribution in [3.63, 3.8) is 0 Å².